The lowest BCUT2D eigenvalue weighted by molar-refractivity contribution is -0.124. The van der Waals surface area contributed by atoms with Gasteiger partial charge in [0.15, 0.2) is 5.82 Å². The van der Waals surface area contributed by atoms with Crippen molar-refractivity contribution in [2.45, 2.75) is 37.8 Å². The molecule has 1 aliphatic carbocycles. The summed E-state index contributed by atoms with van der Waals surface area (Å²) in [6.07, 6.45) is 3.77. The van der Waals surface area contributed by atoms with Crippen LogP contribution in [0.4, 0.5) is 11.6 Å². The van der Waals surface area contributed by atoms with E-state index in [1.165, 1.54) is 12.8 Å². The van der Waals surface area contributed by atoms with Gasteiger partial charge in [0.1, 0.15) is 11.9 Å². The number of rotatable bonds is 4. The van der Waals surface area contributed by atoms with E-state index in [1.807, 2.05) is 6.07 Å². The second-order valence-electron chi connectivity index (χ2n) is 4.71. The third-order valence-electron chi connectivity index (χ3n) is 3.07. The first-order chi connectivity index (χ1) is 8.81. The zero-order valence-corrected chi connectivity index (χ0v) is 10.1. The molecule has 2 aliphatic rings. The Bertz CT molecular complexity index is 424. The minimum atomic E-state index is -0.337. The molecule has 3 rings (SSSR count). The summed E-state index contributed by atoms with van der Waals surface area (Å²) < 4.78 is 5.30. The second-order valence-corrected chi connectivity index (χ2v) is 4.71. The summed E-state index contributed by atoms with van der Waals surface area (Å²) in [7, 11) is 0. The average Bonchev–Trinajstić information content (AvgIpc) is 3.02. The number of amides is 1. The third-order valence-corrected chi connectivity index (χ3v) is 3.07. The van der Waals surface area contributed by atoms with Gasteiger partial charge in [0.2, 0.25) is 0 Å². The minimum absolute atomic E-state index is 0.135. The summed E-state index contributed by atoms with van der Waals surface area (Å²) in [5.74, 6) is 1.09. The Morgan fingerprint density at radius 3 is 2.61 bits per heavy atom. The van der Waals surface area contributed by atoms with E-state index < -0.39 is 0 Å². The number of ether oxygens (including phenoxy) is 1. The van der Waals surface area contributed by atoms with Crippen molar-refractivity contribution in [3.8, 4) is 0 Å². The number of carbonyl (C=O) groups is 1. The van der Waals surface area contributed by atoms with Gasteiger partial charge in [-0.05, 0) is 37.8 Å². The molecule has 6 heteroatoms. The van der Waals surface area contributed by atoms with Crippen LogP contribution in [0.3, 0.4) is 0 Å². The molecule has 0 aromatic carbocycles. The molecule has 2 fully saturated rings. The van der Waals surface area contributed by atoms with Crippen LogP contribution in [0.1, 0.15) is 25.7 Å². The summed E-state index contributed by atoms with van der Waals surface area (Å²) >= 11 is 0. The topological polar surface area (TPSA) is 76.1 Å². The lowest BCUT2D eigenvalue weighted by Gasteiger charge is -2.09. The van der Waals surface area contributed by atoms with Crippen LogP contribution in [-0.2, 0) is 9.53 Å². The van der Waals surface area contributed by atoms with Crippen molar-refractivity contribution in [1.29, 1.82) is 0 Å². The van der Waals surface area contributed by atoms with Gasteiger partial charge in [-0.15, -0.1) is 10.2 Å². The van der Waals surface area contributed by atoms with Crippen molar-refractivity contribution < 1.29 is 9.53 Å². The molecule has 2 heterocycles. The number of nitrogens with zero attached hydrogens (tertiary/aromatic N) is 2. The van der Waals surface area contributed by atoms with Gasteiger partial charge in [0, 0.05) is 12.6 Å². The number of carbonyl (C=O) groups excluding carboxylic acids is 1. The van der Waals surface area contributed by atoms with Crippen molar-refractivity contribution in [3.63, 3.8) is 0 Å². The first-order valence-electron chi connectivity index (χ1n) is 6.34. The van der Waals surface area contributed by atoms with E-state index in [9.17, 15) is 4.79 Å². The average molecular weight is 248 g/mol. The summed E-state index contributed by atoms with van der Waals surface area (Å²) in [5.41, 5.74) is 0. The standard InChI is InChI=1S/C12H16N4O2/c17-12(9-2-1-7-18-9)14-11-6-5-10(15-16-11)13-8-3-4-8/h5-6,8-9H,1-4,7H2,(H,13,15)(H,14,16,17). The summed E-state index contributed by atoms with van der Waals surface area (Å²) in [5, 5.41) is 13.9. The lowest BCUT2D eigenvalue weighted by atomic mass is 10.2. The van der Waals surface area contributed by atoms with Crippen molar-refractivity contribution in [1.82, 2.24) is 10.2 Å². The maximum atomic E-state index is 11.8. The monoisotopic (exact) mass is 248 g/mol. The smallest absolute Gasteiger partial charge is 0.254 e. The zero-order valence-electron chi connectivity index (χ0n) is 10.1. The van der Waals surface area contributed by atoms with E-state index in [2.05, 4.69) is 20.8 Å². The number of hydrogen-bond donors (Lipinski definition) is 2. The number of nitrogens with one attached hydrogen (secondary N) is 2. The Balaban J connectivity index is 1.56. The Labute approximate surface area is 105 Å². The number of hydrogen-bond acceptors (Lipinski definition) is 5. The zero-order chi connectivity index (χ0) is 12.4. The lowest BCUT2D eigenvalue weighted by Crippen LogP contribution is -2.27. The highest BCUT2D eigenvalue weighted by atomic mass is 16.5. The molecule has 18 heavy (non-hydrogen) atoms. The van der Waals surface area contributed by atoms with Crippen molar-refractivity contribution in [3.05, 3.63) is 12.1 Å². The van der Waals surface area contributed by atoms with E-state index in [0.29, 0.717) is 18.5 Å². The van der Waals surface area contributed by atoms with Crippen LogP contribution in [0, 0.1) is 0 Å². The molecular formula is C12H16N4O2. The summed E-state index contributed by atoms with van der Waals surface area (Å²) in [4.78, 5) is 11.8. The molecule has 0 radical (unpaired) electrons. The summed E-state index contributed by atoms with van der Waals surface area (Å²) in [6.45, 7) is 0.661. The first-order valence-corrected chi connectivity index (χ1v) is 6.34. The van der Waals surface area contributed by atoms with Crippen LogP contribution >= 0.6 is 0 Å². The first kappa shape index (κ1) is 11.4. The van der Waals surface area contributed by atoms with Crippen molar-refractivity contribution in [2.24, 2.45) is 0 Å². The molecule has 1 aromatic rings. The van der Waals surface area contributed by atoms with E-state index >= 15 is 0 Å². The fraction of sp³-hybridized carbons (Fsp3) is 0.583. The van der Waals surface area contributed by atoms with Crippen LogP contribution in [0.15, 0.2) is 12.1 Å². The maximum Gasteiger partial charge on any atom is 0.254 e. The molecule has 2 N–H and O–H groups in total. The van der Waals surface area contributed by atoms with Crippen LogP contribution in [-0.4, -0.2) is 34.9 Å². The van der Waals surface area contributed by atoms with E-state index in [0.717, 1.165) is 18.7 Å². The van der Waals surface area contributed by atoms with Crippen LogP contribution in [0.5, 0.6) is 0 Å². The molecule has 0 spiro atoms. The van der Waals surface area contributed by atoms with Crippen LogP contribution in [0.25, 0.3) is 0 Å². The second kappa shape index (κ2) is 4.89. The quantitative estimate of drug-likeness (QED) is 0.836. The van der Waals surface area contributed by atoms with Gasteiger partial charge in [0.25, 0.3) is 5.91 Å². The Morgan fingerprint density at radius 1 is 1.22 bits per heavy atom. The molecule has 1 atom stereocenters. The number of anilines is 2. The van der Waals surface area contributed by atoms with Crippen molar-refractivity contribution >= 4 is 17.5 Å². The molecule has 96 valence electrons. The molecule has 6 nitrogen and oxygen atoms in total. The highest BCUT2D eigenvalue weighted by Gasteiger charge is 2.24. The van der Waals surface area contributed by atoms with Gasteiger partial charge in [0.05, 0.1) is 0 Å². The van der Waals surface area contributed by atoms with Gasteiger partial charge in [-0.2, -0.15) is 0 Å². The molecule has 0 bridgehead atoms. The van der Waals surface area contributed by atoms with Gasteiger partial charge < -0.3 is 15.4 Å². The fourth-order valence-corrected chi connectivity index (χ4v) is 1.90. The fourth-order valence-electron chi connectivity index (χ4n) is 1.90. The highest BCUT2D eigenvalue weighted by Crippen LogP contribution is 2.23. The van der Waals surface area contributed by atoms with Gasteiger partial charge in [-0.1, -0.05) is 0 Å². The summed E-state index contributed by atoms with van der Waals surface area (Å²) in [6, 6.07) is 4.13. The normalized spacial score (nSPS) is 22.8. The maximum absolute atomic E-state index is 11.8. The molecule has 1 saturated heterocycles. The molecule has 1 amide bonds. The molecule has 1 aromatic heterocycles. The van der Waals surface area contributed by atoms with E-state index in [-0.39, 0.29) is 12.0 Å². The van der Waals surface area contributed by atoms with Gasteiger partial charge in [-0.3, -0.25) is 4.79 Å². The van der Waals surface area contributed by atoms with Gasteiger partial charge in [-0.25, -0.2) is 0 Å². The molecule has 1 aliphatic heterocycles. The SMILES string of the molecule is O=C(Nc1ccc(NC2CC2)nn1)C1CCCO1. The Hall–Kier alpha value is -1.69. The predicted molar refractivity (Wildman–Crippen MR) is 66.3 cm³/mol. The van der Waals surface area contributed by atoms with E-state index in [4.69, 9.17) is 4.74 Å². The molecular weight excluding hydrogens is 232 g/mol. The molecule has 1 saturated carbocycles. The van der Waals surface area contributed by atoms with E-state index in [1.54, 1.807) is 6.07 Å². The van der Waals surface area contributed by atoms with Crippen LogP contribution in [0.2, 0.25) is 0 Å². The van der Waals surface area contributed by atoms with Crippen molar-refractivity contribution in [2.75, 3.05) is 17.2 Å². The number of aromatic nitrogens is 2. The Morgan fingerprint density at radius 2 is 2.00 bits per heavy atom. The molecule has 1 unspecified atom stereocenters. The van der Waals surface area contributed by atoms with Crippen LogP contribution < -0.4 is 10.6 Å². The predicted octanol–water partition coefficient (Wildman–Crippen LogP) is 1.17. The highest BCUT2D eigenvalue weighted by molar-refractivity contribution is 5.93. The third kappa shape index (κ3) is 2.76. The minimum Gasteiger partial charge on any atom is -0.368 e. The largest absolute Gasteiger partial charge is 0.368 e. The van der Waals surface area contributed by atoms with Gasteiger partial charge >= 0.3 is 0 Å². The Kier molecular flexibility index (Phi) is 3.10.